The van der Waals surface area contributed by atoms with Gasteiger partial charge in [-0.2, -0.15) is 0 Å². The number of carbonyl (C=O) groups excluding carboxylic acids is 1. The third kappa shape index (κ3) is 3.37. The van der Waals surface area contributed by atoms with Gasteiger partial charge < -0.3 is 15.4 Å². The predicted molar refractivity (Wildman–Crippen MR) is 97.6 cm³/mol. The fourth-order valence-corrected chi connectivity index (χ4v) is 2.98. The van der Waals surface area contributed by atoms with E-state index < -0.39 is 0 Å². The van der Waals surface area contributed by atoms with E-state index in [1.54, 1.807) is 0 Å². The highest BCUT2D eigenvalue weighted by molar-refractivity contribution is 6.07. The molecule has 0 saturated heterocycles. The van der Waals surface area contributed by atoms with Crippen LogP contribution in [-0.4, -0.2) is 19.1 Å². The Hall–Kier alpha value is -2.49. The normalized spacial score (nSPS) is 13.7. The first kappa shape index (κ1) is 16.4. The van der Waals surface area contributed by atoms with E-state index in [0.29, 0.717) is 18.1 Å². The van der Waals surface area contributed by atoms with Crippen molar-refractivity contribution in [2.75, 3.05) is 23.8 Å². The second kappa shape index (κ2) is 6.95. The minimum atomic E-state index is 0.0111. The average molecular weight is 324 g/mol. The Morgan fingerprint density at radius 2 is 1.96 bits per heavy atom. The van der Waals surface area contributed by atoms with Crippen molar-refractivity contribution < 1.29 is 9.53 Å². The zero-order valence-corrected chi connectivity index (χ0v) is 14.3. The van der Waals surface area contributed by atoms with Crippen LogP contribution in [0.25, 0.3) is 0 Å². The number of fused-ring (bicyclic) bond motifs is 1. The Bertz CT molecular complexity index is 723. The van der Waals surface area contributed by atoms with Crippen molar-refractivity contribution in [1.82, 2.24) is 0 Å². The lowest BCUT2D eigenvalue weighted by Gasteiger charge is -2.30. The minimum absolute atomic E-state index is 0.0111. The number of nitrogens with two attached hydrogens (primary N) is 1. The van der Waals surface area contributed by atoms with Crippen LogP contribution in [0.2, 0.25) is 0 Å². The highest BCUT2D eigenvalue weighted by Gasteiger charge is 2.24. The van der Waals surface area contributed by atoms with Crippen LogP contribution in [0.1, 0.15) is 36.2 Å². The van der Waals surface area contributed by atoms with Crippen LogP contribution < -0.4 is 15.4 Å². The Labute approximate surface area is 143 Å². The summed E-state index contributed by atoms with van der Waals surface area (Å²) in [6.07, 6.45) is 1.86. The summed E-state index contributed by atoms with van der Waals surface area (Å²) in [5.41, 5.74) is 9.51. The fraction of sp³-hybridized carbons (Fsp3) is 0.350. The molecule has 0 fully saturated rings. The molecule has 4 nitrogen and oxygen atoms in total. The Balaban J connectivity index is 1.79. The number of anilines is 2. The van der Waals surface area contributed by atoms with Gasteiger partial charge in [0, 0.05) is 23.5 Å². The monoisotopic (exact) mass is 324 g/mol. The lowest BCUT2D eigenvalue weighted by atomic mass is 9.99. The van der Waals surface area contributed by atoms with Crippen molar-refractivity contribution in [3.05, 3.63) is 53.6 Å². The zero-order valence-electron chi connectivity index (χ0n) is 14.3. The maximum absolute atomic E-state index is 12.9. The number of ether oxygens (including phenoxy) is 1. The van der Waals surface area contributed by atoms with Gasteiger partial charge in [-0.3, -0.25) is 4.79 Å². The Morgan fingerprint density at radius 1 is 1.21 bits per heavy atom. The summed E-state index contributed by atoms with van der Waals surface area (Å²) < 4.78 is 5.68. The van der Waals surface area contributed by atoms with Gasteiger partial charge in [-0.25, -0.2) is 0 Å². The SMILES string of the molecule is CC(C)COc1ccc(C(=O)N2CCCc3c(N)cccc32)cc1. The van der Waals surface area contributed by atoms with Crippen LogP contribution in [0, 0.1) is 5.92 Å². The predicted octanol–water partition coefficient (Wildman–Crippen LogP) is 3.90. The molecule has 0 spiro atoms. The van der Waals surface area contributed by atoms with Crippen LogP contribution in [-0.2, 0) is 6.42 Å². The lowest BCUT2D eigenvalue weighted by Crippen LogP contribution is -2.35. The number of nitrogen functional groups attached to an aromatic ring is 1. The molecule has 2 aromatic carbocycles. The molecule has 0 radical (unpaired) electrons. The highest BCUT2D eigenvalue weighted by atomic mass is 16.5. The molecule has 0 aliphatic carbocycles. The van der Waals surface area contributed by atoms with E-state index in [-0.39, 0.29) is 5.91 Å². The topological polar surface area (TPSA) is 55.6 Å². The lowest BCUT2D eigenvalue weighted by molar-refractivity contribution is 0.0985. The maximum Gasteiger partial charge on any atom is 0.258 e. The van der Waals surface area contributed by atoms with Crippen molar-refractivity contribution in [1.29, 1.82) is 0 Å². The molecule has 0 atom stereocenters. The number of nitrogens with zero attached hydrogens (tertiary/aromatic N) is 1. The van der Waals surface area contributed by atoms with E-state index in [1.807, 2.05) is 47.4 Å². The molecule has 0 bridgehead atoms. The molecule has 0 unspecified atom stereocenters. The summed E-state index contributed by atoms with van der Waals surface area (Å²) in [4.78, 5) is 14.7. The first-order valence-electron chi connectivity index (χ1n) is 8.48. The van der Waals surface area contributed by atoms with Crippen molar-refractivity contribution in [2.45, 2.75) is 26.7 Å². The van der Waals surface area contributed by atoms with E-state index in [0.717, 1.165) is 42.1 Å². The van der Waals surface area contributed by atoms with Crippen LogP contribution in [0.15, 0.2) is 42.5 Å². The number of hydrogen-bond donors (Lipinski definition) is 1. The molecular formula is C20H24N2O2. The summed E-state index contributed by atoms with van der Waals surface area (Å²) in [7, 11) is 0. The van der Waals surface area contributed by atoms with Gasteiger partial charge in [0.1, 0.15) is 5.75 Å². The van der Waals surface area contributed by atoms with Crippen molar-refractivity contribution >= 4 is 17.3 Å². The largest absolute Gasteiger partial charge is 0.493 e. The smallest absolute Gasteiger partial charge is 0.258 e. The van der Waals surface area contributed by atoms with E-state index in [2.05, 4.69) is 13.8 Å². The van der Waals surface area contributed by atoms with Gasteiger partial charge >= 0.3 is 0 Å². The van der Waals surface area contributed by atoms with Crippen LogP contribution in [0.4, 0.5) is 11.4 Å². The van der Waals surface area contributed by atoms with Crippen LogP contribution >= 0.6 is 0 Å². The molecule has 1 aliphatic heterocycles. The number of rotatable bonds is 4. The molecule has 2 N–H and O–H groups in total. The fourth-order valence-electron chi connectivity index (χ4n) is 2.98. The van der Waals surface area contributed by atoms with E-state index >= 15 is 0 Å². The number of hydrogen-bond acceptors (Lipinski definition) is 3. The summed E-state index contributed by atoms with van der Waals surface area (Å²) in [5.74, 6) is 1.28. The maximum atomic E-state index is 12.9. The molecule has 0 saturated carbocycles. The molecule has 2 aromatic rings. The summed E-state index contributed by atoms with van der Waals surface area (Å²) >= 11 is 0. The Morgan fingerprint density at radius 3 is 2.67 bits per heavy atom. The molecule has 1 aliphatic rings. The van der Waals surface area contributed by atoms with E-state index in [4.69, 9.17) is 10.5 Å². The van der Waals surface area contributed by atoms with Gasteiger partial charge in [0.15, 0.2) is 0 Å². The standard InChI is InChI=1S/C20H24N2O2/c1-14(2)13-24-16-10-8-15(9-11-16)20(23)22-12-4-5-17-18(21)6-3-7-19(17)22/h3,6-11,14H,4-5,12-13,21H2,1-2H3. The first-order valence-corrected chi connectivity index (χ1v) is 8.48. The number of benzene rings is 2. The van der Waals surface area contributed by atoms with Crippen molar-refractivity contribution in [2.24, 2.45) is 5.92 Å². The van der Waals surface area contributed by atoms with E-state index in [9.17, 15) is 4.79 Å². The van der Waals surface area contributed by atoms with Crippen molar-refractivity contribution in [3.63, 3.8) is 0 Å². The van der Waals surface area contributed by atoms with Gasteiger partial charge in [-0.1, -0.05) is 19.9 Å². The van der Waals surface area contributed by atoms with Gasteiger partial charge in [0.05, 0.1) is 6.61 Å². The van der Waals surface area contributed by atoms with Gasteiger partial charge in [-0.15, -0.1) is 0 Å². The second-order valence-electron chi connectivity index (χ2n) is 6.63. The van der Waals surface area contributed by atoms with Crippen molar-refractivity contribution in [3.8, 4) is 5.75 Å². The second-order valence-corrected chi connectivity index (χ2v) is 6.63. The molecular weight excluding hydrogens is 300 g/mol. The van der Waals surface area contributed by atoms with Gasteiger partial charge in [-0.05, 0) is 60.7 Å². The molecule has 3 rings (SSSR count). The zero-order chi connectivity index (χ0) is 17.1. The van der Waals surface area contributed by atoms with Crippen LogP contribution in [0.5, 0.6) is 5.75 Å². The molecule has 0 aromatic heterocycles. The summed E-state index contributed by atoms with van der Waals surface area (Å²) in [5, 5.41) is 0. The molecule has 4 heteroatoms. The first-order chi connectivity index (χ1) is 11.6. The average Bonchev–Trinajstić information content (AvgIpc) is 2.60. The van der Waals surface area contributed by atoms with E-state index in [1.165, 1.54) is 0 Å². The van der Waals surface area contributed by atoms with Crippen LogP contribution in [0.3, 0.4) is 0 Å². The van der Waals surface area contributed by atoms with Gasteiger partial charge in [0.25, 0.3) is 5.91 Å². The number of carbonyl (C=O) groups is 1. The Kier molecular flexibility index (Phi) is 4.74. The molecule has 126 valence electrons. The minimum Gasteiger partial charge on any atom is -0.493 e. The molecule has 24 heavy (non-hydrogen) atoms. The molecule has 1 amide bonds. The third-order valence-corrected chi connectivity index (χ3v) is 4.22. The van der Waals surface area contributed by atoms with Gasteiger partial charge in [0.2, 0.25) is 0 Å². The quantitative estimate of drug-likeness (QED) is 0.868. The molecule has 1 heterocycles. The number of amides is 1. The summed E-state index contributed by atoms with van der Waals surface area (Å²) in [6.45, 7) is 5.61. The third-order valence-electron chi connectivity index (χ3n) is 4.22. The highest BCUT2D eigenvalue weighted by Crippen LogP contribution is 2.32. The summed E-state index contributed by atoms with van der Waals surface area (Å²) in [6, 6.07) is 13.2.